The molecule has 13 aromatic rings. The Morgan fingerprint density at radius 3 is 0.607 bits per heavy atom. The molecule has 0 N–H and O–H groups in total. The van der Waals surface area contributed by atoms with Crippen molar-refractivity contribution < 1.29 is 0 Å². The summed E-state index contributed by atoms with van der Waals surface area (Å²) < 4.78 is 3.51. The van der Waals surface area contributed by atoms with E-state index in [1.807, 2.05) is 0 Å². The van der Waals surface area contributed by atoms with Crippen molar-refractivity contribution in [2.45, 2.75) is 0 Å². The van der Waals surface area contributed by atoms with Gasteiger partial charge in [0.1, 0.15) is 0 Å². The van der Waals surface area contributed by atoms with Crippen LogP contribution >= 0.6 is 67.8 Å². The number of hydrogen-bond donors (Lipinski definition) is 0. The molecule has 13 rings (SSSR count). The zero-order chi connectivity index (χ0) is 56.8. The predicted molar refractivity (Wildman–Crippen MR) is 381 cm³/mol. The third kappa shape index (κ3) is 12.2. The van der Waals surface area contributed by atoms with Gasteiger partial charge in [-0.15, -0.1) is 0 Å². The molecule has 84 heavy (non-hydrogen) atoms. The second-order valence-corrected chi connectivity index (χ2v) is 24.4. The van der Waals surface area contributed by atoms with Crippen molar-refractivity contribution in [2.75, 3.05) is 14.7 Å². The Balaban J connectivity index is 0.954. The van der Waals surface area contributed by atoms with Crippen molar-refractivity contribution in [3.05, 3.63) is 338 Å². The van der Waals surface area contributed by atoms with Crippen LogP contribution in [0.2, 0.25) is 0 Å². The minimum atomic E-state index is 1.07. The molecule has 402 valence electrons. The molecule has 0 heterocycles. The monoisotopic (exact) mass is 1410 g/mol. The quantitative estimate of drug-likeness (QED) is 0.0947. The van der Waals surface area contributed by atoms with Crippen LogP contribution < -0.4 is 14.7 Å². The molecule has 0 bridgehead atoms. The van der Waals surface area contributed by atoms with Gasteiger partial charge in [0.05, 0.1) is 0 Å². The first-order chi connectivity index (χ1) is 41.3. The Bertz CT molecular complexity index is 3940. The van der Waals surface area contributed by atoms with E-state index in [0.717, 1.165) is 84.6 Å². The molecular weight excluding hydrogens is 1360 g/mol. The van der Waals surface area contributed by atoms with E-state index >= 15 is 0 Å². The number of anilines is 9. The molecule has 0 unspecified atom stereocenters. The SMILES string of the molecule is Ic1cccc(N(c2ccc(-c3ccccc3)cc2)c2cccc(-c3cc(-c4cccc(N(c5ccc(-c6ccccc6)cc5)c5cccc(I)c5)c4)cc(-c4cccc(N(c5ccc(-c6ccccc6)cc5)c5cccc(I)c5)c4)c3)c2)c1. The summed E-state index contributed by atoms with van der Waals surface area (Å²) in [4.78, 5) is 7.11. The van der Waals surface area contributed by atoms with Gasteiger partial charge < -0.3 is 14.7 Å². The van der Waals surface area contributed by atoms with Crippen LogP contribution in [0.5, 0.6) is 0 Å². The summed E-state index contributed by atoms with van der Waals surface area (Å²) >= 11 is 7.28. The molecule has 13 aromatic carbocycles. The van der Waals surface area contributed by atoms with E-state index in [2.05, 4.69) is 410 Å². The Morgan fingerprint density at radius 2 is 0.357 bits per heavy atom. The summed E-state index contributed by atoms with van der Waals surface area (Å²) in [6, 6.07) is 119. The maximum atomic E-state index is 2.43. The standard InChI is InChI=1S/C78H54I3N3/c79-67-25-13-31-76(52-67)82(70-40-34-58(35-41-70)55-16-4-1-5-17-55)73-28-10-22-61(49-73)64-46-65(62-23-11-29-74(50-62)83(77-32-14-26-68(80)53-77)71-42-36-59(37-43-71)56-18-6-2-7-19-56)48-66(47-64)63-24-12-30-75(51-63)84(78-33-15-27-69(81)54-78)72-44-38-60(39-45-72)57-20-8-3-9-21-57/h1-54H. The lowest BCUT2D eigenvalue weighted by Crippen LogP contribution is -2.10. The molecule has 0 atom stereocenters. The molecule has 0 saturated carbocycles. The topological polar surface area (TPSA) is 9.72 Å². The van der Waals surface area contributed by atoms with E-state index < -0.39 is 0 Å². The van der Waals surface area contributed by atoms with E-state index in [-0.39, 0.29) is 0 Å². The van der Waals surface area contributed by atoms with Crippen LogP contribution in [0.25, 0.3) is 66.8 Å². The molecule has 0 spiro atoms. The molecule has 0 radical (unpaired) electrons. The van der Waals surface area contributed by atoms with E-state index in [4.69, 9.17) is 0 Å². The summed E-state index contributed by atoms with van der Waals surface area (Å²) in [6.07, 6.45) is 0. The highest BCUT2D eigenvalue weighted by molar-refractivity contribution is 14.1. The minimum Gasteiger partial charge on any atom is -0.310 e. The Morgan fingerprint density at radius 1 is 0.143 bits per heavy atom. The van der Waals surface area contributed by atoms with Gasteiger partial charge in [-0.1, -0.05) is 182 Å². The third-order valence-corrected chi connectivity index (χ3v) is 17.2. The number of benzene rings is 13. The molecular formula is C78H54I3N3. The fourth-order valence-electron chi connectivity index (χ4n) is 11.1. The lowest BCUT2D eigenvalue weighted by molar-refractivity contribution is 1.28. The molecule has 0 aromatic heterocycles. The van der Waals surface area contributed by atoms with Crippen molar-refractivity contribution in [3.63, 3.8) is 0 Å². The highest BCUT2D eigenvalue weighted by Crippen LogP contribution is 2.44. The van der Waals surface area contributed by atoms with Crippen molar-refractivity contribution in [3.8, 4) is 66.8 Å². The van der Waals surface area contributed by atoms with Gasteiger partial charge in [0.2, 0.25) is 0 Å². The van der Waals surface area contributed by atoms with E-state index in [1.54, 1.807) is 0 Å². The maximum Gasteiger partial charge on any atom is 0.0472 e. The summed E-state index contributed by atoms with van der Waals surface area (Å²) in [5.41, 5.74) is 23.5. The molecule has 0 aliphatic rings. The van der Waals surface area contributed by atoms with Crippen LogP contribution in [0.15, 0.2) is 328 Å². The van der Waals surface area contributed by atoms with Crippen LogP contribution in [0, 0.1) is 10.7 Å². The number of rotatable bonds is 15. The molecule has 0 aliphatic heterocycles. The van der Waals surface area contributed by atoms with Crippen molar-refractivity contribution in [1.29, 1.82) is 0 Å². The van der Waals surface area contributed by atoms with Crippen molar-refractivity contribution in [2.24, 2.45) is 0 Å². The fraction of sp³-hybridized carbons (Fsp3) is 0. The van der Waals surface area contributed by atoms with E-state index in [9.17, 15) is 0 Å². The lowest BCUT2D eigenvalue weighted by atomic mass is 9.92. The first kappa shape index (κ1) is 54.7. The second kappa shape index (κ2) is 25.1. The van der Waals surface area contributed by atoms with Gasteiger partial charge in [-0.2, -0.15) is 0 Å². The zero-order valence-corrected chi connectivity index (χ0v) is 52.1. The van der Waals surface area contributed by atoms with Gasteiger partial charge >= 0.3 is 0 Å². The van der Waals surface area contributed by atoms with Gasteiger partial charge in [0, 0.05) is 61.9 Å². The number of halogens is 3. The Labute approximate surface area is 533 Å². The highest BCUT2D eigenvalue weighted by atomic mass is 127. The average molecular weight is 1410 g/mol. The summed E-state index contributed by atoms with van der Waals surface area (Å²) in [5.74, 6) is 0. The largest absolute Gasteiger partial charge is 0.310 e. The summed E-state index contributed by atoms with van der Waals surface area (Å²) in [6.45, 7) is 0. The average Bonchev–Trinajstić information content (AvgIpc) is 3.63. The predicted octanol–water partition coefficient (Wildman–Crippen LogP) is 23.9. The first-order valence-corrected chi connectivity index (χ1v) is 31.2. The number of hydrogen-bond acceptors (Lipinski definition) is 3. The highest BCUT2D eigenvalue weighted by Gasteiger charge is 2.20. The third-order valence-electron chi connectivity index (χ3n) is 15.1. The maximum absolute atomic E-state index is 2.43. The molecule has 0 fully saturated rings. The summed E-state index contributed by atoms with van der Waals surface area (Å²) in [5, 5.41) is 0. The zero-order valence-electron chi connectivity index (χ0n) is 45.7. The molecule has 3 nitrogen and oxygen atoms in total. The van der Waals surface area contributed by atoms with E-state index in [1.165, 1.54) is 44.1 Å². The van der Waals surface area contributed by atoms with Crippen LogP contribution in [-0.4, -0.2) is 0 Å². The van der Waals surface area contributed by atoms with Crippen LogP contribution in [-0.2, 0) is 0 Å². The van der Waals surface area contributed by atoms with Gasteiger partial charge in [0.25, 0.3) is 0 Å². The van der Waals surface area contributed by atoms with Gasteiger partial charge in [-0.3, -0.25) is 0 Å². The molecule has 0 aliphatic carbocycles. The van der Waals surface area contributed by atoms with Crippen molar-refractivity contribution in [1.82, 2.24) is 0 Å². The van der Waals surface area contributed by atoms with Crippen LogP contribution in [0.1, 0.15) is 0 Å². The van der Waals surface area contributed by atoms with Crippen LogP contribution in [0.4, 0.5) is 51.2 Å². The first-order valence-electron chi connectivity index (χ1n) is 27.9. The fourth-order valence-corrected chi connectivity index (χ4v) is 12.7. The van der Waals surface area contributed by atoms with Crippen LogP contribution in [0.3, 0.4) is 0 Å². The van der Waals surface area contributed by atoms with Gasteiger partial charge in [-0.05, 0) is 280 Å². The van der Waals surface area contributed by atoms with E-state index in [0.29, 0.717) is 0 Å². The summed E-state index contributed by atoms with van der Waals surface area (Å²) in [7, 11) is 0. The lowest BCUT2D eigenvalue weighted by Gasteiger charge is -2.27. The number of nitrogens with zero attached hydrogens (tertiary/aromatic N) is 3. The Kier molecular flexibility index (Phi) is 16.4. The minimum absolute atomic E-state index is 1.07. The smallest absolute Gasteiger partial charge is 0.0472 e. The second-order valence-electron chi connectivity index (χ2n) is 20.6. The van der Waals surface area contributed by atoms with Gasteiger partial charge in [0.15, 0.2) is 0 Å². The Hall–Kier alpha value is -8.55. The normalized spacial score (nSPS) is 11.0. The van der Waals surface area contributed by atoms with Crippen molar-refractivity contribution >= 4 is 119 Å². The molecule has 6 heteroatoms. The molecule has 0 saturated heterocycles. The molecule has 0 amide bonds. The van der Waals surface area contributed by atoms with Gasteiger partial charge in [-0.25, -0.2) is 0 Å².